The molecule has 0 aliphatic carbocycles. The Hall–Kier alpha value is -1.95. The minimum atomic E-state index is -0.808. The van der Waals surface area contributed by atoms with Crippen LogP contribution in [0.15, 0.2) is 18.2 Å². The van der Waals surface area contributed by atoms with E-state index in [1.807, 2.05) is 19.9 Å². The van der Waals surface area contributed by atoms with Crippen molar-refractivity contribution in [3.05, 3.63) is 35.1 Å². The highest BCUT2D eigenvalue weighted by molar-refractivity contribution is 5.73. The molecule has 0 bridgehead atoms. The molecule has 0 aromatic heterocycles. The average Bonchev–Trinajstić information content (AvgIpc) is 2.55. The van der Waals surface area contributed by atoms with E-state index >= 15 is 0 Å². The van der Waals surface area contributed by atoms with Gasteiger partial charge < -0.3 is 15.6 Å². The van der Waals surface area contributed by atoms with Gasteiger partial charge >= 0.3 is 5.97 Å². The minimum absolute atomic E-state index is 0.102. The van der Waals surface area contributed by atoms with Crippen LogP contribution in [-0.2, 0) is 27.4 Å². The first-order valence-electron chi connectivity index (χ1n) is 8.68. The van der Waals surface area contributed by atoms with Gasteiger partial charge in [0.15, 0.2) is 0 Å². The number of rotatable bonds is 12. The normalized spacial score (nSPS) is 13.4. The van der Waals surface area contributed by atoms with E-state index in [0.717, 1.165) is 12.0 Å². The highest BCUT2D eigenvalue weighted by Gasteiger charge is 2.15. The van der Waals surface area contributed by atoms with Gasteiger partial charge in [0, 0.05) is 18.4 Å². The van der Waals surface area contributed by atoms with E-state index in [0.29, 0.717) is 31.2 Å². The number of halogens is 1. The largest absolute Gasteiger partial charge is 0.481 e. The highest BCUT2D eigenvalue weighted by Crippen LogP contribution is 2.18. The third kappa shape index (κ3) is 8.63. The number of unbranched alkanes of at least 4 members (excludes halogenated alkanes) is 1. The van der Waals surface area contributed by atoms with Crippen LogP contribution in [0, 0.1) is 11.7 Å². The number of carboxylic acid groups (broad SMARTS) is 1. The van der Waals surface area contributed by atoms with Crippen LogP contribution in [0.2, 0.25) is 0 Å². The van der Waals surface area contributed by atoms with E-state index < -0.39 is 5.97 Å². The van der Waals surface area contributed by atoms with Gasteiger partial charge in [0.05, 0.1) is 12.7 Å². The zero-order chi connectivity index (χ0) is 18.8. The topological polar surface area (TPSA) is 89.6 Å². The summed E-state index contributed by atoms with van der Waals surface area (Å²) in [6.07, 6.45) is 2.97. The number of carboxylic acids is 1. The Morgan fingerprint density at radius 3 is 2.56 bits per heavy atom. The second-order valence-corrected chi connectivity index (χ2v) is 6.53. The van der Waals surface area contributed by atoms with Gasteiger partial charge in [-0.25, -0.2) is 4.39 Å². The molecular formula is C19H28FNO4. The molecule has 0 saturated heterocycles. The maximum atomic E-state index is 14.2. The number of hydrogen-bond donors (Lipinski definition) is 2. The van der Waals surface area contributed by atoms with Crippen LogP contribution in [0.1, 0.15) is 57.1 Å². The summed E-state index contributed by atoms with van der Waals surface area (Å²) in [7, 11) is 0. The molecule has 25 heavy (non-hydrogen) atoms. The fourth-order valence-corrected chi connectivity index (χ4v) is 2.46. The van der Waals surface area contributed by atoms with Gasteiger partial charge in [-0.3, -0.25) is 9.59 Å². The Kier molecular flexibility index (Phi) is 9.13. The molecule has 0 heterocycles. The Morgan fingerprint density at radius 1 is 1.24 bits per heavy atom. The number of aryl methyl sites for hydroxylation is 1. The average molecular weight is 353 g/mol. The van der Waals surface area contributed by atoms with E-state index in [4.69, 9.17) is 15.6 Å². The van der Waals surface area contributed by atoms with Crippen LogP contribution >= 0.6 is 0 Å². The van der Waals surface area contributed by atoms with Crippen molar-refractivity contribution < 1.29 is 23.8 Å². The van der Waals surface area contributed by atoms with Crippen molar-refractivity contribution in [3.63, 3.8) is 0 Å². The molecule has 3 N–H and O–H groups in total. The molecule has 1 aromatic rings. The molecular weight excluding hydrogens is 325 g/mol. The van der Waals surface area contributed by atoms with Crippen molar-refractivity contribution >= 4 is 11.9 Å². The lowest BCUT2D eigenvalue weighted by molar-refractivity contribution is -0.137. The van der Waals surface area contributed by atoms with Crippen molar-refractivity contribution in [2.45, 2.75) is 65.1 Å². The summed E-state index contributed by atoms with van der Waals surface area (Å²) >= 11 is 0. The van der Waals surface area contributed by atoms with Gasteiger partial charge in [-0.2, -0.15) is 0 Å². The predicted octanol–water partition coefficient (Wildman–Crippen LogP) is 3.43. The molecule has 1 amide bonds. The molecule has 0 spiro atoms. The summed E-state index contributed by atoms with van der Waals surface area (Å²) in [4.78, 5) is 21.3. The number of carbonyl (C=O) groups excluding carboxylic acids is 1. The van der Waals surface area contributed by atoms with Gasteiger partial charge in [-0.15, -0.1) is 0 Å². The maximum Gasteiger partial charge on any atom is 0.303 e. The summed E-state index contributed by atoms with van der Waals surface area (Å²) in [5.74, 6) is -1.29. The van der Waals surface area contributed by atoms with Gasteiger partial charge in [-0.1, -0.05) is 19.1 Å². The molecule has 140 valence electrons. The van der Waals surface area contributed by atoms with Gasteiger partial charge in [0.2, 0.25) is 5.91 Å². The third-order valence-corrected chi connectivity index (χ3v) is 4.37. The summed E-state index contributed by atoms with van der Waals surface area (Å²) in [6, 6.07) is 5.05. The summed E-state index contributed by atoms with van der Waals surface area (Å²) < 4.78 is 19.9. The number of primary amides is 1. The molecule has 1 rings (SSSR count). The Morgan fingerprint density at radius 2 is 1.96 bits per heavy atom. The lowest BCUT2D eigenvalue weighted by Crippen LogP contribution is -2.21. The number of hydrogen-bond acceptors (Lipinski definition) is 3. The van der Waals surface area contributed by atoms with Crippen molar-refractivity contribution in [2.75, 3.05) is 0 Å². The molecule has 0 saturated carbocycles. The van der Waals surface area contributed by atoms with Gasteiger partial charge in [-0.05, 0) is 50.2 Å². The van der Waals surface area contributed by atoms with Gasteiger partial charge in [0.1, 0.15) is 5.82 Å². The third-order valence-electron chi connectivity index (χ3n) is 4.37. The number of benzene rings is 1. The first-order valence-corrected chi connectivity index (χ1v) is 8.68. The van der Waals surface area contributed by atoms with E-state index in [9.17, 15) is 14.0 Å². The number of carbonyl (C=O) groups is 2. The van der Waals surface area contributed by atoms with Crippen LogP contribution in [-0.4, -0.2) is 23.1 Å². The Bertz CT molecular complexity index is 577. The molecule has 6 heteroatoms. The lowest BCUT2D eigenvalue weighted by Gasteiger charge is -2.20. The lowest BCUT2D eigenvalue weighted by atomic mass is 10.00. The number of aliphatic carboxylic acids is 1. The van der Waals surface area contributed by atoms with E-state index in [2.05, 4.69) is 0 Å². The second kappa shape index (κ2) is 10.8. The first kappa shape index (κ1) is 21.1. The Labute approximate surface area is 148 Å². The van der Waals surface area contributed by atoms with Crippen molar-refractivity contribution in [1.82, 2.24) is 0 Å². The molecule has 1 aromatic carbocycles. The van der Waals surface area contributed by atoms with E-state index in [1.54, 1.807) is 6.07 Å². The summed E-state index contributed by atoms with van der Waals surface area (Å²) in [5, 5.41) is 8.60. The van der Waals surface area contributed by atoms with Crippen LogP contribution in [0.25, 0.3) is 0 Å². The molecule has 0 radical (unpaired) electrons. The van der Waals surface area contributed by atoms with E-state index in [-0.39, 0.29) is 36.8 Å². The monoisotopic (exact) mass is 353 g/mol. The fraction of sp³-hybridized carbons (Fsp3) is 0.579. The van der Waals surface area contributed by atoms with Gasteiger partial charge in [0.25, 0.3) is 0 Å². The van der Waals surface area contributed by atoms with Crippen LogP contribution in [0.4, 0.5) is 4.39 Å². The van der Waals surface area contributed by atoms with Crippen molar-refractivity contribution in [3.8, 4) is 0 Å². The zero-order valence-electron chi connectivity index (χ0n) is 15.0. The minimum Gasteiger partial charge on any atom is -0.481 e. The standard InChI is InChI=1S/C19H28FNO4/c1-13(7-10-18(21)22)14(2)25-12-16-9-8-15(11-17(16)20)5-3-4-6-19(23)24/h8-9,11,13-14H,3-7,10,12H2,1-2H3,(H2,21,22)(H,23,24)/t13-,14+/m0/s1. The molecule has 0 aliphatic rings. The molecule has 0 fully saturated rings. The quantitative estimate of drug-likeness (QED) is 0.563. The highest BCUT2D eigenvalue weighted by atomic mass is 19.1. The van der Waals surface area contributed by atoms with Crippen molar-refractivity contribution in [2.24, 2.45) is 11.7 Å². The molecule has 0 aliphatic heterocycles. The maximum absolute atomic E-state index is 14.2. The smallest absolute Gasteiger partial charge is 0.303 e. The molecule has 5 nitrogen and oxygen atoms in total. The van der Waals surface area contributed by atoms with E-state index in [1.165, 1.54) is 6.07 Å². The first-order chi connectivity index (χ1) is 11.8. The molecule has 2 atom stereocenters. The SMILES string of the molecule is C[C@@H](CCC(N)=O)[C@@H](C)OCc1ccc(CCCCC(=O)O)cc1F. The second-order valence-electron chi connectivity index (χ2n) is 6.53. The number of nitrogens with two attached hydrogens (primary N) is 1. The number of ether oxygens (including phenoxy) is 1. The van der Waals surface area contributed by atoms with Crippen LogP contribution in [0.3, 0.4) is 0 Å². The molecule has 0 unspecified atom stereocenters. The van der Waals surface area contributed by atoms with Crippen molar-refractivity contribution in [1.29, 1.82) is 0 Å². The van der Waals surface area contributed by atoms with Crippen LogP contribution in [0.5, 0.6) is 0 Å². The number of amides is 1. The summed E-state index contributed by atoms with van der Waals surface area (Å²) in [6.45, 7) is 4.05. The Balaban J connectivity index is 2.43. The summed E-state index contributed by atoms with van der Waals surface area (Å²) in [5.41, 5.74) is 6.48. The zero-order valence-corrected chi connectivity index (χ0v) is 15.0. The fourth-order valence-electron chi connectivity index (χ4n) is 2.46. The predicted molar refractivity (Wildman–Crippen MR) is 93.4 cm³/mol. The van der Waals surface area contributed by atoms with Crippen LogP contribution < -0.4 is 5.73 Å².